The lowest BCUT2D eigenvalue weighted by Crippen LogP contribution is -2.41. The molecule has 2 heterocycles. The summed E-state index contributed by atoms with van der Waals surface area (Å²) in [6.07, 6.45) is 14.6. The number of aliphatic carboxylic acids is 1. The predicted molar refractivity (Wildman–Crippen MR) is 84.7 cm³/mol. The summed E-state index contributed by atoms with van der Waals surface area (Å²) in [5, 5.41) is 9.45. The Labute approximate surface area is 132 Å². The maximum atomic E-state index is 11.5. The molecule has 2 aliphatic heterocycles. The summed E-state index contributed by atoms with van der Waals surface area (Å²) in [6.45, 7) is 2.22. The summed E-state index contributed by atoms with van der Waals surface area (Å²) in [6, 6.07) is 0. The molecule has 4 nitrogen and oxygen atoms in total. The molecule has 124 valence electrons. The molecule has 0 aromatic carbocycles. The molecule has 0 spiro atoms. The lowest BCUT2D eigenvalue weighted by atomic mass is 9.74. The van der Waals surface area contributed by atoms with Crippen molar-refractivity contribution >= 4 is 12.3 Å². The number of carboxylic acid groups (broad SMARTS) is 1. The molecule has 2 rings (SSSR count). The highest BCUT2D eigenvalue weighted by molar-refractivity contribution is 5.79. The molecule has 22 heavy (non-hydrogen) atoms. The second-order valence-corrected chi connectivity index (χ2v) is 6.65. The Morgan fingerprint density at radius 1 is 1.18 bits per heavy atom. The number of unbranched alkanes of at least 4 members (excludes halogenated alkanes) is 7. The van der Waals surface area contributed by atoms with E-state index in [1.807, 2.05) is 12.2 Å². The third-order valence-electron chi connectivity index (χ3n) is 5.06. The fourth-order valence-corrected chi connectivity index (χ4v) is 3.85. The zero-order chi connectivity index (χ0) is 16.0. The topological polar surface area (TPSA) is 63.6 Å². The molecule has 0 saturated carbocycles. The van der Waals surface area contributed by atoms with Crippen molar-refractivity contribution in [3.05, 3.63) is 12.2 Å². The summed E-state index contributed by atoms with van der Waals surface area (Å²) in [7, 11) is 0. The van der Waals surface area contributed by atoms with E-state index in [0.717, 1.165) is 19.1 Å². The van der Waals surface area contributed by atoms with Crippen LogP contribution in [-0.2, 0) is 14.3 Å². The molecule has 2 aliphatic rings. The van der Waals surface area contributed by atoms with Gasteiger partial charge < -0.3 is 14.6 Å². The molecule has 0 radical (unpaired) electrons. The van der Waals surface area contributed by atoms with Gasteiger partial charge in [-0.15, -0.1) is 0 Å². The molecule has 0 amide bonds. The van der Waals surface area contributed by atoms with Crippen molar-refractivity contribution in [2.45, 2.75) is 76.4 Å². The van der Waals surface area contributed by atoms with Gasteiger partial charge in [-0.1, -0.05) is 70.4 Å². The molecule has 0 aromatic rings. The monoisotopic (exact) mass is 308 g/mol. The highest BCUT2D eigenvalue weighted by Gasteiger charge is 2.59. The predicted octanol–water partition coefficient (Wildman–Crippen LogP) is 3.74. The van der Waals surface area contributed by atoms with Crippen LogP contribution in [0.5, 0.6) is 0 Å². The number of rotatable bonds is 11. The van der Waals surface area contributed by atoms with E-state index < -0.39 is 23.4 Å². The minimum atomic E-state index is -0.913. The SMILES string of the molecule is CCCCCCCCCC[C@@]12C=CC(O1)C(C=O)C2C(=O)O. The number of hydrogen-bond acceptors (Lipinski definition) is 3. The van der Waals surface area contributed by atoms with Gasteiger partial charge in [0, 0.05) is 0 Å². The fraction of sp³-hybridized carbons (Fsp3) is 0.778. The Hall–Kier alpha value is -1.16. The Bertz CT molecular complexity index is 417. The summed E-state index contributed by atoms with van der Waals surface area (Å²) in [4.78, 5) is 22.7. The van der Waals surface area contributed by atoms with Crippen LogP contribution in [0.1, 0.15) is 64.7 Å². The third-order valence-corrected chi connectivity index (χ3v) is 5.06. The number of carbonyl (C=O) groups is 2. The largest absolute Gasteiger partial charge is 0.481 e. The van der Waals surface area contributed by atoms with Crippen molar-refractivity contribution in [2.75, 3.05) is 0 Å². The molecule has 3 unspecified atom stereocenters. The van der Waals surface area contributed by atoms with Gasteiger partial charge in [0.15, 0.2) is 0 Å². The highest BCUT2D eigenvalue weighted by Crippen LogP contribution is 2.49. The number of carboxylic acids is 1. The Morgan fingerprint density at radius 3 is 2.41 bits per heavy atom. The van der Waals surface area contributed by atoms with Gasteiger partial charge in [0.1, 0.15) is 17.8 Å². The molecule has 4 heteroatoms. The van der Waals surface area contributed by atoms with Crippen molar-refractivity contribution in [3.8, 4) is 0 Å². The molecule has 1 fully saturated rings. The summed E-state index contributed by atoms with van der Waals surface area (Å²) >= 11 is 0. The maximum Gasteiger partial charge on any atom is 0.310 e. The van der Waals surface area contributed by atoms with E-state index in [1.54, 1.807) is 0 Å². The van der Waals surface area contributed by atoms with Crippen LogP contribution in [0.2, 0.25) is 0 Å². The summed E-state index contributed by atoms with van der Waals surface area (Å²) in [5.74, 6) is -2.16. The number of ether oxygens (including phenoxy) is 1. The van der Waals surface area contributed by atoms with Crippen molar-refractivity contribution in [3.63, 3.8) is 0 Å². The van der Waals surface area contributed by atoms with Crippen molar-refractivity contribution in [1.29, 1.82) is 0 Å². The molecule has 0 aromatic heterocycles. The van der Waals surface area contributed by atoms with Crippen LogP contribution in [0.4, 0.5) is 0 Å². The van der Waals surface area contributed by atoms with Crippen molar-refractivity contribution in [2.24, 2.45) is 11.8 Å². The molecular weight excluding hydrogens is 280 g/mol. The quantitative estimate of drug-likeness (QED) is 0.359. The Morgan fingerprint density at radius 2 is 1.82 bits per heavy atom. The number of carbonyl (C=O) groups excluding carboxylic acids is 1. The molecule has 4 atom stereocenters. The minimum Gasteiger partial charge on any atom is -0.481 e. The third kappa shape index (κ3) is 3.60. The first-order chi connectivity index (χ1) is 10.6. The number of hydrogen-bond donors (Lipinski definition) is 1. The first-order valence-electron chi connectivity index (χ1n) is 8.70. The molecule has 2 bridgehead atoms. The van der Waals surface area contributed by atoms with Crippen LogP contribution in [0.25, 0.3) is 0 Å². The van der Waals surface area contributed by atoms with Gasteiger partial charge >= 0.3 is 5.97 Å². The van der Waals surface area contributed by atoms with E-state index in [2.05, 4.69) is 6.92 Å². The zero-order valence-electron chi connectivity index (χ0n) is 13.5. The standard InChI is InChI=1S/C18H28O4/c1-2-3-4-5-6-7-8-9-11-18-12-10-15(22-18)14(13-19)16(18)17(20)21/h10,12-16H,2-9,11H2,1H3,(H,20,21)/t14?,15?,16?,18-/m0/s1. The van der Waals surface area contributed by atoms with E-state index in [-0.39, 0.29) is 6.10 Å². The Kier molecular flexibility index (Phi) is 6.18. The van der Waals surface area contributed by atoms with Gasteiger partial charge in [0.05, 0.1) is 12.0 Å². The van der Waals surface area contributed by atoms with Gasteiger partial charge in [-0.3, -0.25) is 4.79 Å². The van der Waals surface area contributed by atoms with E-state index in [9.17, 15) is 14.7 Å². The van der Waals surface area contributed by atoms with E-state index >= 15 is 0 Å². The van der Waals surface area contributed by atoms with Crippen molar-refractivity contribution < 1.29 is 19.4 Å². The lowest BCUT2D eigenvalue weighted by molar-refractivity contribution is -0.148. The smallest absolute Gasteiger partial charge is 0.310 e. The fourth-order valence-electron chi connectivity index (χ4n) is 3.85. The molecular formula is C18H28O4. The van der Waals surface area contributed by atoms with Crippen LogP contribution in [0.15, 0.2) is 12.2 Å². The number of fused-ring (bicyclic) bond motifs is 2. The maximum absolute atomic E-state index is 11.5. The zero-order valence-corrected chi connectivity index (χ0v) is 13.5. The summed E-state index contributed by atoms with van der Waals surface area (Å²) in [5.41, 5.74) is -0.746. The average Bonchev–Trinajstić information content (AvgIpc) is 3.05. The van der Waals surface area contributed by atoms with Gasteiger partial charge in [0.25, 0.3) is 0 Å². The van der Waals surface area contributed by atoms with E-state index in [4.69, 9.17) is 4.74 Å². The average molecular weight is 308 g/mol. The van der Waals surface area contributed by atoms with Crippen LogP contribution in [-0.4, -0.2) is 29.1 Å². The van der Waals surface area contributed by atoms with Crippen molar-refractivity contribution in [1.82, 2.24) is 0 Å². The minimum absolute atomic E-state index is 0.340. The van der Waals surface area contributed by atoms with Gasteiger partial charge in [-0.25, -0.2) is 0 Å². The van der Waals surface area contributed by atoms with E-state index in [1.165, 1.54) is 38.5 Å². The van der Waals surface area contributed by atoms with Crippen LogP contribution >= 0.6 is 0 Å². The van der Waals surface area contributed by atoms with Crippen LogP contribution < -0.4 is 0 Å². The summed E-state index contributed by atoms with van der Waals surface area (Å²) < 4.78 is 5.87. The first kappa shape index (κ1) is 17.2. The lowest BCUT2D eigenvalue weighted by Gasteiger charge is -2.29. The van der Waals surface area contributed by atoms with Gasteiger partial charge in [0.2, 0.25) is 0 Å². The second kappa shape index (κ2) is 7.91. The second-order valence-electron chi connectivity index (χ2n) is 6.65. The first-order valence-corrected chi connectivity index (χ1v) is 8.70. The van der Waals surface area contributed by atoms with E-state index in [0.29, 0.717) is 6.42 Å². The normalized spacial score (nSPS) is 32.5. The number of aldehydes is 1. The van der Waals surface area contributed by atoms with Gasteiger partial charge in [-0.05, 0) is 6.42 Å². The molecule has 0 aliphatic carbocycles. The van der Waals surface area contributed by atoms with Crippen LogP contribution in [0, 0.1) is 11.8 Å². The Balaban J connectivity index is 1.76. The molecule has 1 N–H and O–H groups in total. The van der Waals surface area contributed by atoms with Gasteiger partial charge in [-0.2, -0.15) is 0 Å². The molecule has 1 saturated heterocycles. The van der Waals surface area contributed by atoms with Crippen LogP contribution in [0.3, 0.4) is 0 Å². The highest BCUT2D eigenvalue weighted by atomic mass is 16.5.